The Morgan fingerprint density at radius 3 is 2.59 bits per heavy atom. The van der Waals surface area contributed by atoms with Gasteiger partial charge in [-0.1, -0.05) is 25.7 Å². The standard InChI is InChI=1S/C14H25NO2/c16-11-13-8-9-15(10-13)14(17)7-3-6-12-4-1-2-5-12/h12-13,16H,1-11H2. The highest BCUT2D eigenvalue weighted by Crippen LogP contribution is 2.29. The Kier molecular flexibility index (Phi) is 4.84. The molecule has 1 amide bonds. The maximum Gasteiger partial charge on any atom is 0.222 e. The molecule has 98 valence electrons. The van der Waals surface area contributed by atoms with Gasteiger partial charge in [-0.15, -0.1) is 0 Å². The predicted molar refractivity (Wildman–Crippen MR) is 67.6 cm³/mol. The second kappa shape index (κ2) is 6.39. The summed E-state index contributed by atoms with van der Waals surface area (Å²) in [7, 11) is 0. The van der Waals surface area contributed by atoms with Crippen LogP contribution in [-0.4, -0.2) is 35.6 Å². The van der Waals surface area contributed by atoms with Crippen molar-refractivity contribution < 1.29 is 9.90 Å². The van der Waals surface area contributed by atoms with Gasteiger partial charge in [-0.25, -0.2) is 0 Å². The lowest BCUT2D eigenvalue weighted by molar-refractivity contribution is -0.130. The van der Waals surface area contributed by atoms with Crippen LogP contribution >= 0.6 is 0 Å². The third-order valence-corrected chi connectivity index (χ3v) is 4.37. The van der Waals surface area contributed by atoms with Crippen molar-refractivity contribution in [1.29, 1.82) is 0 Å². The molecule has 2 rings (SSSR count). The van der Waals surface area contributed by atoms with Crippen LogP contribution in [0.25, 0.3) is 0 Å². The Morgan fingerprint density at radius 2 is 1.94 bits per heavy atom. The van der Waals surface area contributed by atoms with Gasteiger partial charge in [0, 0.05) is 32.0 Å². The lowest BCUT2D eigenvalue weighted by Gasteiger charge is -2.16. The van der Waals surface area contributed by atoms with Gasteiger partial charge in [-0.2, -0.15) is 0 Å². The van der Waals surface area contributed by atoms with E-state index in [9.17, 15) is 4.79 Å². The number of nitrogens with zero attached hydrogens (tertiary/aromatic N) is 1. The molecule has 0 spiro atoms. The molecule has 2 aliphatic rings. The molecule has 1 saturated carbocycles. The minimum Gasteiger partial charge on any atom is -0.396 e. The zero-order chi connectivity index (χ0) is 12.1. The first kappa shape index (κ1) is 12.9. The molecule has 0 bridgehead atoms. The Hall–Kier alpha value is -0.570. The van der Waals surface area contributed by atoms with E-state index in [1.54, 1.807) is 0 Å². The molecule has 1 unspecified atom stereocenters. The summed E-state index contributed by atoms with van der Waals surface area (Å²) < 4.78 is 0. The number of aliphatic hydroxyl groups is 1. The zero-order valence-corrected chi connectivity index (χ0v) is 10.7. The van der Waals surface area contributed by atoms with Crippen LogP contribution in [0.15, 0.2) is 0 Å². The summed E-state index contributed by atoms with van der Waals surface area (Å²) in [6, 6.07) is 0. The molecule has 0 aromatic carbocycles. The van der Waals surface area contributed by atoms with E-state index < -0.39 is 0 Å². The van der Waals surface area contributed by atoms with Crippen molar-refractivity contribution in [3.63, 3.8) is 0 Å². The summed E-state index contributed by atoms with van der Waals surface area (Å²) in [5.41, 5.74) is 0. The Bertz CT molecular complexity index is 249. The van der Waals surface area contributed by atoms with Crippen molar-refractivity contribution in [1.82, 2.24) is 4.90 Å². The van der Waals surface area contributed by atoms with Gasteiger partial charge < -0.3 is 10.0 Å². The third-order valence-electron chi connectivity index (χ3n) is 4.37. The summed E-state index contributed by atoms with van der Waals surface area (Å²) in [5.74, 6) is 1.53. The van der Waals surface area contributed by atoms with Gasteiger partial charge in [-0.3, -0.25) is 4.79 Å². The molecule has 0 aromatic rings. The molecule has 1 aliphatic carbocycles. The van der Waals surface area contributed by atoms with Crippen LogP contribution in [0.2, 0.25) is 0 Å². The van der Waals surface area contributed by atoms with Crippen LogP contribution in [0.4, 0.5) is 0 Å². The summed E-state index contributed by atoms with van der Waals surface area (Å²) in [5, 5.41) is 9.05. The third kappa shape index (κ3) is 3.70. The molecule has 17 heavy (non-hydrogen) atoms. The van der Waals surface area contributed by atoms with E-state index >= 15 is 0 Å². The van der Waals surface area contributed by atoms with Gasteiger partial charge in [0.2, 0.25) is 5.91 Å². The van der Waals surface area contributed by atoms with E-state index in [1.807, 2.05) is 4.90 Å². The van der Waals surface area contributed by atoms with Crippen LogP contribution in [0, 0.1) is 11.8 Å². The minimum absolute atomic E-state index is 0.228. The molecule has 1 N–H and O–H groups in total. The molecule has 1 aliphatic heterocycles. The molecule has 2 fully saturated rings. The van der Waals surface area contributed by atoms with Crippen LogP contribution in [0.5, 0.6) is 0 Å². The molecule has 0 radical (unpaired) electrons. The molecule has 3 nitrogen and oxygen atoms in total. The molecule has 3 heteroatoms. The highest BCUT2D eigenvalue weighted by Gasteiger charge is 2.25. The number of aliphatic hydroxyl groups excluding tert-OH is 1. The first-order chi connectivity index (χ1) is 8.29. The average molecular weight is 239 g/mol. The van der Waals surface area contributed by atoms with E-state index in [2.05, 4.69) is 0 Å². The van der Waals surface area contributed by atoms with Crippen molar-refractivity contribution in [2.75, 3.05) is 19.7 Å². The molecule has 0 aromatic heterocycles. The van der Waals surface area contributed by atoms with E-state index in [-0.39, 0.29) is 6.61 Å². The van der Waals surface area contributed by atoms with Crippen molar-refractivity contribution in [2.24, 2.45) is 11.8 Å². The maximum atomic E-state index is 11.9. The number of carbonyl (C=O) groups is 1. The van der Waals surface area contributed by atoms with Crippen LogP contribution in [0.1, 0.15) is 51.4 Å². The normalized spacial score (nSPS) is 25.7. The lowest BCUT2D eigenvalue weighted by atomic mass is 10.0. The number of carbonyl (C=O) groups excluding carboxylic acids is 1. The fraction of sp³-hybridized carbons (Fsp3) is 0.929. The van der Waals surface area contributed by atoms with E-state index in [0.717, 1.165) is 31.8 Å². The molecule has 1 heterocycles. The second-order valence-corrected chi connectivity index (χ2v) is 5.72. The van der Waals surface area contributed by atoms with Crippen molar-refractivity contribution in [3.8, 4) is 0 Å². The number of likely N-dealkylation sites (tertiary alicyclic amines) is 1. The maximum absolute atomic E-state index is 11.9. The summed E-state index contributed by atoms with van der Waals surface area (Å²) in [4.78, 5) is 13.9. The van der Waals surface area contributed by atoms with Crippen LogP contribution in [-0.2, 0) is 4.79 Å². The van der Waals surface area contributed by atoms with Crippen LogP contribution < -0.4 is 0 Å². The molecular formula is C14H25NO2. The van der Waals surface area contributed by atoms with Crippen molar-refractivity contribution in [2.45, 2.75) is 51.4 Å². The van der Waals surface area contributed by atoms with E-state index in [0.29, 0.717) is 18.2 Å². The number of amides is 1. The lowest BCUT2D eigenvalue weighted by Crippen LogP contribution is -2.28. The zero-order valence-electron chi connectivity index (χ0n) is 10.7. The summed E-state index contributed by atoms with van der Waals surface area (Å²) >= 11 is 0. The number of hydrogen-bond acceptors (Lipinski definition) is 2. The topological polar surface area (TPSA) is 40.5 Å². The second-order valence-electron chi connectivity index (χ2n) is 5.72. The predicted octanol–water partition coefficient (Wildman–Crippen LogP) is 2.19. The SMILES string of the molecule is O=C(CCCC1CCCC1)N1CCC(CO)C1. The molecular weight excluding hydrogens is 214 g/mol. The first-order valence-electron chi connectivity index (χ1n) is 7.18. The van der Waals surface area contributed by atoms with Gasteiger partial charge >= 0.3 is 0 Å². The highest BCUT2D eigenvalue weighted by atomic mass is 16.3. The smallest absolute Gasteiger partial charge is 0.222 e. The van der Waals surface area contributed by atoms with Gasteiger partial charge in [-0.05, 0) is 25.2 Å². The van der Waals surface area contributed by atoms with Gasteiger partial charge in [0.25, 0.3) is 0 Å². The largest absolute Gasteiger partial charge is 0.396 e. The van der Waals surface area contributed by atoms with E-state index in [1.165, 1.54) is 32.1 Å². The first-order valence-corrected chi connectivity index (χ1v) is 7.18. The number of rotatable bonds is 5. The van der Waals surface area contributed by atoms with Gasteiger partial charge in [0.1, 0.15) is 0 Å². The summed E-state index contributed by atoms with van der Waals surface area (Å²) in [6.45, 7) is 1.86. The van der Waals surface area contributed by atoms with E-state index in [4.69, 9.17) is 5.11 Å². The average Bonchev–Trinajstić information content (AvgIpc) is 2.99. The fourth-order valence-corrected chi connectivity index (χ4v) is 3.21. The summed E-state index contributed by atoms with van der Waals surface area (Å²) in [6.07, 6.45) is 9.53. The van der Waals surface area contributed by atoms with Gasteiger partial charge in [0.05, 0.1) is 0 Å². The molecule has 1 saturated heterocycles. The fourth-order valence-electron chi connectivity index (χ4n) is 3.21. The van der Waals surface area contributed by atoms with Crippen molar-refractivity contribution >= 4 is 5.91 Å². The Balaban J connectivity index is 1.60. The highest BCUT2D eigenvalue weighted by molar-refractivity contribution is 5.76. The van der Waals surface area contributed by atoms with Gasteiger partial charge in [0.15, 0.2) is 0 Å². The minimum atomic E-state index is 0.228. The quantitative estimate of drug-likeness (QED) is 0.799. The molecule has 1 atom stereocenters. The number of hydrogen-bond donors (Lipinski definition) is 1. The van der Waals surface area contributed by atoms with Crippen LogP contribution in [0.3, 0.4) is 0 Å². The Labute approximate surface area is 104 Å². The monoisotopic (exact) mass is 239 g/mol. The Morgan fingerprint density at radius 1 is 1.18 bits per heavy atom. The van der Waals surface area contributed by atoms with Crippen molar-refractivity contribution in [3.05, 3.63) is 0 Å².